The Kier molecular flexibility index (Phi) is 1.61. The molecule has 0 aromatic carbocycles. The fourth-order valence-electron chi connectivity index (χ4n) is 2.00. The van der Waals surface area contributed by atoms with E-state index in [1.54, 1.807) is 0 Å². The van der Waals surface area contributed by atoms with Gasteiger partial charge < -0.3 is 0 Å². The summed E-state index contributed by atoms with van der Waals surface area (Å²) in [7, 11) is 0. The first-order chi connectivity index (χ1) is 5.04. The molecule has 3 rings (SSSR count). The Morgan fingerprint density at radius 1 is 1.36 bits per heavy atom. The van der Waals surface area contributed by atoms with Gasteiger partial charge in [0.05, 0.1) is 0 Å². The molecule has 11 heavy (non-hydrogen) atoms. The number of hydrogen-bond donors (Lipinski definition) is 0. The van der Waals surface area contributed by atoms with Crippen LogP contribution in [0.1, 0.15) is 32.6 Å². The number of rotatable bonds is 0. The van der Waals surface area contributed by atoms with E-state index >= 15 is 0 Å². The Morgan fingerprint density at radius 2 is 1.91 bits per heavy atom. The lowest BCUT2D eigenvalue weighted by Crippen LogP contribution is -2.38. The second-order valence-electron chi connectivity index (χ2n) is 4.09. The average Bonchev–Trinajstić information content (AvgIpc) is 1.94. The van der Waals surface area contributed by atoms with Crippen molar-refractivity contribution in [1.29, 1.82) is 0 Å². The molecule has 62 valence electrons. The Bertz CT molecular complexity index is 212. The summed E-state index contributed by atoms with van der Waals surface area (Å²) < 4.78 is 13.5. The highest BCUT2D eigenvalue weighted by Crippen LogP contribution is 2.55. The molecule has 0 atom stereocenters. The van der Waals surface area contributed by atoms with Crippen molar-refractivity contribution >= 4 is 22.6 Å². The summed E-state index contributed by atoms with van der Waals surface area (Å²) >= 11 is 2.40. The van der Waals surface area contributed by atoms with Gasteiger partial charge in [0.15, 0.2) is 0 Å². The molecule has 2 bridgehead atoms. The second kappa shape index (κ2) is 2.21. The first-order valence-electron chi connectivity index (χ1n) is 4.12. The quantitative estimate of drug-likeness (QED) is 0.464. The molecular weight excluding hydrogens is 254 g/mol. The van der Waals surface area contributed by atoms with Gasteiger partial charge >= 0.3 is 0 Å². The van der Waals surface area contributed by atoms with E-state index in [4.69, 9.17) is 0 Å². The van der Waals surface area contributed by atoms with E-state index in [1.807, 2.05) is 13.0 Å². The lowest BCUT2D eigenvalue weighted by molar-refractivity contribution is 0.184. The minimum absolute atomic E-state index is 0.0904. The average molecular weight is 266 g/mol. The second-order valence-corrected chi connectivity index (χ2v) is 6.24. The van der Waals surface area contributed by atoms with Gasteiger partial charge in [-0.05, 0) is 31.8 Å². The van der Waals surface area contributed by atoms with Crippen LogP contribution in [0.15, 0.2) is 11.9 Å². The summed E-state index contributed by atoms with van der Waals surface area (Å²) in [5.74, 6) is 0.143. The molecule has 0 heterocycles. The van der Waals surface area contributed by atoms with Crippen molar-refractivity contribution < 1.29 is 4.39 Å². The van der Waals surface area contributed by atoms with E-state index in [2.05, 4.69) is 22.6 Å². The van der Waals surface area contributed by atoms with Gasteiger partial charge in [-0.25, -0.2) is 4.39 Å². The molecule has 0 unspecified atom stereocenters. The van der Waals surface area contributed by atoms with Crippen LogP contribution in [0.5, 0.6) is 0 Å². The van der Waals surface area contributed by atoms with Crippen LogP contribution in [-0.4, -0.2) is 3.42 Å². The molecule has 0 spiro atoms. The van der Waals surface area contributed by atoms with Gasteiger partial charge in [0.25, 0.3) is 0 Å². The number of hydrogen-bond acceptors (Lipinski definition) is 0. The van der Waals surface area contributed by atoms with E-state index in [0.717, 1.165) is 25.7 Å². The van der Waals surface area contributed by atoms with Crippen molar-refractivity contribution in [2.45, 2.75) is 36.0 Å². The SMILES string of the molecule is CC12CCC(I)(C=C1F)CC2. The van der Waals surface area contributed by atoms with Gasteiger partial charge in [0, 0.05) is 8.84 Å². The van der Waals surface area contributed by atoms with Gasteiger partial charge in [-0.15, -0.1) is 0 Å². The molecule has 0 amide bonds. The lowest BCUT2D eigenvalue weighted by Gasteiger charge is -2.45. The molecule has 0 aromatic rings. The normalized spacial score (nSPS) is 49.2. The third-order valence-corrected chi connectivity index (χ3v) is 4.54. The summed E-state index contributed by atoms with van der Waals surface area (Å²) in [5, 5.41) is 0. The van der Waals surface area contributed by atoms with E-state index in [1.165, 1.54) is 0 Å². The van der Waals surface area contributed by atoms with Crippen LogP contribution < -0.4 is 0 Å². The summed E-state index contributed by atoms with van der Waals surface area (Å²) in [6.07, 6.45) is 6.26. The molecule has 0 radical (unpaired) electrons. The summed E-state index contributed by atoms with van der Waals surface area (Å²) in [5.41, 5.74) is -0.0904. The zero-order valence-corrected chi connectivity index (χ0v) is 8.82. The van der Waals surface area contributed by atoms with Crippen molar-refractivity contribution in [3.05, 3.63) is 11.9 Å². The fraction of sp³-hybridized carbons (Fsp3) is 0.778. The van der Waals surface area contributed by atoms with E-state index in [0.29, 0.717) is 0 Å². The van der Waals surface area contributed by atoms with Crippen molar-refractivity contribution in [2.24, 2.45) is 5.41 Å². The first kappa shape index (κ1) is 8.02. The van der Waals surface area contributed by atoms with Gasteiger partial charge in [-0.1, -0.05) is 29.5 Å². The zero-order chi connectivity index (χ0) is 8.11. The first-order valence-corrected chi connectivity index (χ1v) is 5.20. The third kappa shape index (κ3) is 1.14. The fourth-order valence-corrected chi connectivity index (χ4v) is 2.81. The highest BCUT2D eigenvalue weighted by molar-refractivity contribution is 14.1. The maximum Gasteiger partial charge on any atom is 0.103 e. The third-order valence-electron chi connectivity index (χ3n) is 3.15. The molecule has 0 N–H and O–H groups in total. The summed E-state index contributed by atoms with van der Waals surface area (Å²) in [4.78, 5) is 0. The largest absolute Gasteiger partial charge is 0.212 e. The molecule has 3 aliphatic carbocycles. The smallest absolute Gasteiger partial charge is 0.103 e. The van der Waals surface area contributed by atoms with Crippen molar-refractivity contribution in [3.8, 4) is 0 Å². The molecule has 0 nitrogen and oxygen atoms in total. The molecule has 0 saturated heterocycles. The topological polar surface area (TPSA) is 0 Å². The van der Waals surface area contributed by atoms with Crippen LogP contribution in [0.25, 0.3) is 0 Å². The molecule has 3 aliphatic rings. The number of halogens is 2. The van der Waals surface area contributed by atoms with Crippen molar-refractivity contribution in [3.63, 3.8) is 0 Å². The van der Waals surface area contributed by atoms with E-state index in [-0.39, 0.29) is 14.7 Å². The van der Waals surface area contributed by atoms with Crippen LogP contribution in [0.3, 0.4) is 0 Å². The Hall–Kier alpha value is 0.400. The Labute approximate surface area is 80.4 Å². The predicted octanol–water partition coefficient (Wildman–Crippen LogP) is 3.61. The molecule has 1 saturated carbocycles. The van der Waals surface area contributed by atoms with Gasteiger partial charge in [-0.3, -0.25) is 0 Å². The highest BCUT2D eigenvalue weighted by Gasteiger charge is 2.45. The molecule has 2 heteroatoms. The zero-order valence-electron chi connectivity index (χ0n) is 6.66. The molecule has 0 aliphatic heterocycles. The van der Waals surface area contributed by atoms with Crippen LogP contribution in [0, 0.1) is 5.41 Å². The number of alkyl halides is 1. The van der Waals surface area contributed by atoms with E-state index < -0.39 is 0 Å². The van der Waals surface area contributed by atoms with Crippen LogP contribution in [0.2, 0.25) is 0 Å². The molecule has 1 fully saturated rings. The molecule has 0 aromatic heterocycles. The minimum Gasteiger partial charge on any atom is -0.212 e. The van der Waals surface area contributed by atoms with Crippen LogP contribution in [0.4, 0.5) is 4.39 Å². The van der Waals surface area contributed by atoms with Gasteiger partial charge in [-0.2, -0.15) is 0 Å². The van der Waals surface area contributed by atoms with Crippen molar-refractivity contribution in [1.82, 2.24) is 0 Å². The maximum absolute atomic E-state index is 13.4. The monoisotopic (exact) mass is 266 g/mol. The summed E-state index contributed by atoms with van der Waals surface area (Å²) in [6, 6.07) is 0. The minimum atomic E-state index is -0.0904. The maximum atomic E-state index is 13.4. The standard InChI is InChI=1S/C9H12FI/c1-8-2-4-9(11,5-3-8)6-7(8)10/h6H,2-5H2,1H3. The Morgan fingerprint density at radius 3 is 2.27 bits per heavy atom. The predicted molar refractivity (Wildman–Crippen MR) is 52.5 cm³/mol. The van der Waals surface area contributed by atoms with Gasteiger partial charge in [0.1, 0.15) is 5.83 Å². The van der Waals surface area contributed by atoms with E-state index in [9.17, 15) is 4.39 Å². The number of allylic oxidation sites excluding steroid dienone is 2. The van der Waals surface area contributed by atoms with Crippen LogP contribution in [-0.2, 0) is 0 Å². The molecular formula is C9H12FI. The highest BCUT2D eigenvalue weighted by atomic mass is 127. The lowest BCUT2D eigenvalue weighted by atomic mass is 9.66. The van der Waals surface area contributed by atoms with Crippen molar-refractivity contribution in [2.75, 3.05) is 0 Å². The Balaban J connectivity index is 2.41. The van der Waals surface area contributed by atoms with Crippen LogP contribution >= 0.6 is 22.6 Å². The summed E-state index contributed by atoms with van der Waals surface area (Å²) in [6.45, 7) is 2.05. The number of fused-ring (bicyclic) bond motifs is 2. The van der Waals surface area contributed by atoms with Gasteiger partial charge in [0.2, 0.25) is 0 Å².